The van der Waals surface area contributed by atoms with E-state index in [1.54, 1.807) is 43.3 Å². The highest BCUT2D eigenvalue weighted by Crippen LogP contribution is 2.30. The quantitative estimate of drug-likeness (QED) is 0.670. The average molecular weight is 431 g/mol. The second-order valence-electron chi connectivity index (χ2n) is 7.01. The van der Waals surface area contributed by atoms with Crippen LogP contribution in [0.1, 0.15) is 40.5 Å². The number of hydrogen-bond donors (Lipinski definition) is 2. The third-order valence-corrected chi connectivity index (χ3v) is 5.31. The van der Waals surface area contributed by atoms with E-state index >= 15 is 0 Å². The topological polar surface area (TPSA) is 95.9 Å². The van der Waals surface area contributed by atoms with Gasteiger partial charge in [0.2, 0.25) is 0 Å². The Morgan fingerprint density at radius 1 is 1.20 bits per heavy atom. The van der Waals surface area contributed by atoms with Crippen LogP contribution in [0.25, 0.3) is 0 Å². The Hall–Kier alpha value is -3.06. The molecule has 158 valence electrons. The highest BCUT2D eigenvalue weighted by molar-refractivity contribution is 6.34. The summed E-state index contributed by atoms with van der Waals surface area (Å²) >= 11 is 6.06. The number of ether oxygens (including phenoxy) is 1. The molecule has 1 saturated heterocycles. The summed E-state index contributed by atoms with van der Waals surface area (Å²) in [5.41, 5.74) is 1.21. The van der Waals surface area contributed by atoms with E-state index in [1.807, 2.05) is 4.90 Å². The molecule has 0 radical (unpaired) electrons. The number of halogens is 1. The van der Waals surface area contributed by atoms with Gasteiger partial charge in [0.1, 0.15) is 0 Å². The molecule has 7 nitrogen and oxygen atoms in total. The van der Waals surface area contributed by atoms with E-state index in [4.69, 9.17) is 16.3 Å². The van der Waals surface area contributed by atoms with E-state index < -0.39 is 11.9 Å². The minimum absolute atomic E-state index is 0.0523. The van der Waals surface area contributed by atoms with Crippen molar-refractivity contribution in [2.24, 2.45) is 5.92 Å². The van der Waals surface area contributed by atoms with Crippen LogP contribution in [-0.4, -0.2) is 42.6 Å². The maximum absolute atomic E-state index is 12.5. The summed E-state index contributed by atoms with van der Waals surface area (Å²) in [7, 11) is 0. The fourth-order valence-electron chi connectivity index (χ4n) is 3.55. The van der Waals surface area contributed by atoms with Crippen molar-refractivity contribution in [1.82, 2.24) is 0 Å². The minimum atomic E-state index is -1.11. The van der Waals surface area contributed by atoms with Gasteiger partial charge in [0.05, 0.1) is 34.4 Å². The lowest BCUT2D eigenvalue weighted by atomic mass is 9.96. The van der Waals surface area contributed by atoms with Crippen molar-refractivity contribution in [1.29, 1.82) is 0 Å². The number of carboxylic acids is 1. The molecule has 0 bridgehead atoms. The zero-order valence-corrected chi connectivity index (χ0v) is 17.3. The monoisotopic (exact) mass is 430 g/mol. The molecular formula is C22H23ClN2O5. The van der Waals surface area contributed by atoms with Crippen LogP contribution in [-0.2, 0) is 9.53 Å². The number of nitrogens with zero attached hydrogens (tertiary/aromatic N) is 1. The average Bonchev–Trinajstić information content (AvgIpc) is 2.74. The normalized spacial score (nSPS) is 16.1. The molecule has 2 aromatic rings. The summed E-state index contributed by atoms with van der Waals surface area (Å²) in [5.74, 6) is -2.09. The SMILES string of the molecule is CCOC(=O)[C@@H]1CCCN(c2ccc(NC(=O)c3ccccc3Cl)cc2C(=O)O)C1. The molecular weight excluding hydrogens is 408 g/mol. The van der Waals surface area contributed by atoms with Crippen molar-refractivity contribution in [3.05, 3.63) is 58.6 Å². The zero-order valence-electron chi connectivity index (χ0n) is 16.6. The van der Waals surface area contributed by atoms with Crippen molar-refractivity contribution in [3.63, 3.8) is 0 Å². The molecule has 30 heavy (non-hydrogen) atoms. The maximum atomic E-state index is 12.5. The molecule has 3 rings (SSSR count). The first-order valence-corrected chi connectivity index (χ1v) is 10.1. The Labute approximate surface area is 179 Å². The predicted octanol–water partition coefficient (Wildman–Crippen LogP) is 4.07. The number of rotatable bonds is 6. The first kappa shape index (κ1) is 21.6. The van der Waals surface area contributed by atoms with Crippen molar-refractivity contribution in [2.45, 2.75) is 19.8 Å². The number of benzene rings is 2. The Balaban J connectivity index is 1.82. The highest BCUT2D eigenvalue weighted by atomic mass is 35.5. The van der Waals surface area contributed by atoms with Crippen LogP contribution in [0, 0.1) is 5.92 Å². The van der Waals surface area contributed by atoms with Crippen LogP contribution < -0.4 is 10.2 Å². The first-order valence-electron chi connectivity index (χ1n) is 9.75. The Bertz CT molecular complexity index is 962. The van der Waals surface area contributed by atoms with E-state index in [9.17, 15) is 19.5 Å². The summed E-state index contributed by atoms with van der Waals surface area (Å²) in [6, 6.07) is 11.3. The van der Waals surface area contributed by atoms with Crippen molar-refractivity contribution >= 4 is 40.8 Å². The van der Waals surface area contributed by atoms with E-state index in [2.05, 4.69) is 5.32 Å². The molecule has 1 aliphatic heterocycles. The second kappa shape index (κ2) is 9.63. The van der Waals surface area contributed by atoms with E-state index in [0.717, 1.165) is 6.42 Å². The lowest BCUT2D eigenvalue weighted by Gasteiger charge is -2.34. The minimum Gasteiger partial charge on any atom is -0.478 e. The smallest absolute Gasteiger partial charge is 0.337 e. The third kappa shape index (κ3) is 4.91. The van der Waals surface area contributed by atoms with Gasteiger partial charge in [-0.25, -0.2) is 4.79 Å². The molecule has 0 aromatic heterocycles. The Morgan fingerprint density at radius 2 is 1.97 bits per heavy atom. The van der Waals surface area contributed by atoms with Crippen LogP contribution in [0.5, 0.6) is 0 Å². The van der Waals surface area contributed by atoms with Crippen LogP contribution in [0.3, 0.4) is 0 Å². The van der Waals surface area contributed by atoms with Crippen LogP contribution in [0.2, 0.25) is 5.02 Å². The third-order valence-electron chi connectivity index (χ3n) is 4.99. The number of amides is 1. The number of carbonyl (C=O) groups excluding carboxylic acids is 2. The van der Waals surface area contributed by atoms with Gasteiger partial charge in [-0.1, -0.05) is 23.7 Å². The standard InChI is InChI=1S/C22H23ClN2O5/c1-2-30-22(29)14-6-5-11-25(13-14)19-10-9-15(12-17(19)21(27)28)24-20(26)16-7-3-4-8-18(16)23/h3-4,7-10,12,14H,2,5-6,11,13H2,1H3,(H,24,26)(H,27,28)/t14-/m1/s1. The first-order chi connectivity index (χ1) is 14.4. The molecule has 0 spiro atoms. The fraction of sp³-hybridized carbons (Fsp3) is 0.318. The van der Waals surface area contributed by atoms with Gasteiger partial charge >= 0.3 is 11.9 Å². The van der Waals surface area contributed by atoms with Gasteiger partial charge in [0.25, 0.3) is 5.91 Å². The Morgan fingerprint density at radius 3 is 2.67 bits per heavy atom. The Kier molecular flexibility index (Phi) is 6.95. The number of aromatic carboxylic acids is 1. The number of piperidine rings is 1. The number of carbonyl (C=O) groups is 3. The maximum Gasteiger partial charge on any atom is 0.337 e. The van der Waals surface area contributed by atoms with Gasteiger partial charge in [-0.15, -0.1) is 0 Å². The van der Waals surface area contributed by atoms with Gasteiger partial charge in [-0.3, -0.25) is 9.59 Å². The van der Waals surface area contributed by atoms with E-state index in [1.165, 1.54) is 6.07 Å². The molecule has 1 atom stereocenters. The summed E-state index contributed by atoms with van der Waals surface area (Å²) in [6.07, 6.45) is 1.47. The zero-order chi connectivity index (χ0) is 21.7. The molecule has 1 heterocycles. The van der Waals surface area contributed by atoms with Gasteiger partial charge in [0.15, 0.2) is 0 Å². The molecule has 2 aromatic carbocycles. The van der Waals surface area contributed by atoms with Gasteiger partial charge in [-0.05, 0) is 50.1 Å². The van der Waals surface area contributed by atoms with Crippen LogP contribution >= 0.6 is 11.6 Å². The summed E-state index contributed by atoms with van der Waals surface area (Å²) in [5, 5.41) is 12.7. The predicted molar refractivity (Wildman–Crippen MR) is 114 cm³/mol. The molecule has 0 unspecified atom stereocenters. The molecule has 1 amide bonds. The summed E-state index contributed by atoms with van der Waals surface area (Å²) in [4.78, 5) is 38.4. The summed E-state index contributed by atoms with van der Waals surface area (Å²) in [6.45, 7) is 3.11. The van der Waals surface area contributed by atoms with E-state index in [0.29, 0.717) is 48.1 Å². The number of carboxylic acid groups (broad SMARTS) is 1. The van der Waals surface area contributed by atoms with Gasteiger partial charge in [-0.2, -0.15) is 0 Å². The summed E-state index contributed by atoms with van der Waals surface area (Å²) < 4.78 is 5.12. The van der Waals surface area contributed by atoms with Crippen molar-refractivity contribution < 1.29 is 24.2 Å². The van der Waals surface area contributed by atoms with Gasteiger partial charge < -0.3 is 20.1 Å². The molecule has 1 fully saturated rings. The van der Waals surface area contributed by atoms with Crippen molar-refractivity contribution in [3.8, 4) is 0 Å². The lowest BCUT2D eigenvalue weighted by molar-refractivity contribution is -0.148. The number of hydrogen-bond acceptors (Lipinski definition) is 5. The lowest BCUT2D eigenvalue weighted by Crippen LogP contribution is -2.40. The molecule has 2 N–H and O–H groups in total. The largest absolute Gasteiger partial charge is 0.478 e. The number of esters is 1. The molecule has 1 aliphatic rings. The fourth-order valence-corrected chi connectivity index (χ4v) is 3.77. The second-order valence-corrected chi connectivity index (χ2v) is 7.42. The molecule has 0 aliphatic carbocycles. The van der Waals surface area contributed by atoms with Crippen LogP contribution in [0.15, 0.2) is 42.5 Å². The van der Waals surface area contributed by atoms with E-state index in [-0.39, 0.29) is 17.5 Å². The number of nitrogens with one attached hydrogen (secondary N) is 1. The van der Waals surface area contributed by atoms with Gasteiger partial charge in [0, 0.05) is 18.8 Å². The van der Waals surface area contributed by atoms with Crippen LogP contribution in [0.4, 0.5) is 11.4 Å². The van der Waals surface area contributed by atoms with Crippen molar-refractivity contribution in [2.75, 3.05) is 29.9 Å². The number of anilines is 2. The highest BCUT2D eigenvalue weighted by Gasteiger charge is 2.29. The molecule has 0 saturated carbocycles. The molecule has 8 heteroatoms.